The van der Waals surface area contributed by atoms with Gasteiger partial charge in [-0.3, -0.25) is 4.98 Å². The number of anilines is 1. The number of aromatic nitrogens is 1. The SMILES string of the molecule is c1cncc(N2C[C@H]3CN[C@H](C3)C2)c1. The predicted molar refractivity (Wildman–Crippen MR) is 56.3 cm³/mol. The largest absolute Gasteiger partial charge is 0.368 e. The van der Waals surface area contributed by atoms with Gasteiger partial charge in [0.2, 0.25) is 0 Å². The summed E-state index contributed by atoms with van der Waals surface area (Å²) in [6.07, 6.45) is 5.15. The van der Waals surface area contributed by atoms with Crippen LogP contribution in [0.2, 0.25) is 0 Å². The van der Waals surface area contributed by atoms with Gasteiger partial charge in [-0.25, -0.2) is 0 Å². The lowest BCUT2D eigenvalue weighted by Gasteiger charge is -2.32. The Balaban J connectivity index is 1.81. The highest BCUT2D eigenvalue weighted by atomic mass is 15.2. The fraction of sp³-hybridized carbons (Fsp3) is 0.545. The van der Waals surface area contributed by atoms with Crippen LogP contribution in [-0.2, 0) is 0 Å². The van der Waals surface area contributed by atoms with E-state index in [1.54, 1.807) is 0 Å². The molecule has 2 aliphatic heterocycles. The van der Waals surface area contributed by atoms with E-state index in [1.807, 2.05) is 18.5 Å². The molecule has 0 spiro atoms. The second-order valence-corrected chi connectivity index (χ2v) is 4.32. The normalized spacial score (nSPS) is 30.7. The number of hydrogen-bond donors (Lipinski definition) is 1. The number of fused-ring (bicyclic) bond motifs is 2. The standard InChI is InChI=1S/C11H15N3/c1-2-11(6-12-3-1)14-7-9-4-10(8-14)13-5-9/h1-3,6,9-10,13H,4-5,7-8H2/t9-,10-/m1/s1. The van der Waals surface area contributed by atoms with Crippen molar-refractivity contribution in [3.63, 3.8) is 0 Å². The number of piperidine rings is 1. The molecule has 74 valence electrons. The summed E-state index contributed by atoms with van der Waals surface area (Å²) < 4.78 is 0. The highest BCUT2D eigenvalue weighted by Gasteiger charge is 2.32. The first kappa shape index (κ1) is 8.24. The molecule has 3 heteroatoms. The van der Waals surface area contributed by atoms with Crippen molar-refractivity contribution in [3.05, 3.63) is 24.5 Å². The molecule has 3 rings (SSSR count). The average Bonchev–Trinajstić information content (AvgIpc) is 2.59. The van der Waals surface area contributed by atoms with Crippen LogP contribution < -0.4 is 10.2 Å². The molecule has 3 heterocycles. The summed E-state index contributed by atoms with van der Waals surface area (Å²) in [4.78, 5) is 6.62. The summed E-state index contributed by atoms with van der Waals surface area (Å²) in [5, 5.41) is 3.56. The lowest BCUT2D eigenvalue weighted by atomic mass is 10.00. The van der Waals surface area contributed by atoms with Gasteiger partial charge in [-0.05, 0) is 24.5 Å². The minimum atomic E-state index is 0.703. The first-order chi connectivity index (χ1) is 6.92. The summed E-state index contributed by atoms with van der Waals surface area (Å²) >= 11 is 0. The first-order valence-electron chi connectivity index (χ1n) is 5.30. The van der Waals surface area contributed by atoms with Crippen molar-refractivity contribution in [2.75, 3.05) is 24.5 Å². The minimum Gasteiger partial charge on any atom is -0.368 e. The fourth-order valence-corrected chi connectivity index (χ4v) is 2.58. The molecule has 1 aromatic heterocycles. The number of rotatable bonds is 1. The molecule has 1 aromatic rings. The van der Waals surface area contributed by atoms with Crippen LogP contribution in [0.3, 0.4) is 0 Å². The smallest absolute Gasteiger partial charge is 0.0553 e. The fourth-order valence-electron chi connectivity index (χ4n) is 2.58. The monoisotopic (exact) mass is 189 g/mol. The van der Waals surface area contributed by atoms with Crippen LogP contribution in [-0.4, -0.2) is 30.7 Å². The van der Waals surface area contributed by atoms with E-state index in [0.29, 0.717) is 6.04 Å². The van der Waals surface area contributed by atoms with Crippen molar-refractivity contribution in [3.8, 4) is 0 Å². The zero-order valence-electron chi connectivity index (χ0n) is 8.19. The van der Waals surface area contributed by atoms with Crippen LogP contribution in [0.1, 0.15) is 6.42 Å². The van der Waals surface area contributed by atoms with E-state index < -0.39 is 0 Å². The van der Waals surface area contributed by atoms with E-state index in [-0.39, 0.29) is 0 Å². The Morgan fingerprint density at radius 3 is 3.21 bits per heavy atom. The van der Waals surface area contributed by atoms with Crippen molar-refractivity contribution in [2.24, 2.45) is 5.92 Å². The molecule has 2 saturated heterocycles. The Morgan fingerprint density at radius 1 is 1.43 bits per heavy atom. The maximum absolute atomic E-state index is 4.17. The van der Waals surface area contributed by atoms with Crippen LogP contribution in [0.5, 0.6) is 0 Å². The van der Waals surface area contributed by atoms with E-state index in [4.69, 9.17) is 0 Å². The van der Waals surface area contributed by atoms with E-state index in [0.717, 1.165) is 12.5 Å². The number of hydrogen-bond acceptors (Lipinski definition) is 3. The van der Waals surface area contributed by atoms with Gasteiger partial charge < -0.3 is 10.2 Å². The second-order valence-electron chi connectivity index (χ2n) is 4.32. The molecule has 2 bridgehead atoms. The molecular weight excluding hydrogens is 174 g/mol. The number of nitrogens with zero attached hydrogens (tertiary/aromatic N) is 2. The summed E-state index contributed by atoms with van der Waals surface area (Å²) in [7, 11) is 0. The van der Waals surface area contributed by atoms with E-state index in [9.17, 15) is 0 Å². The van der Waals surface area contributed by atoms with Crippen molar-refractivity contribution in [1.29, 1.82) is 0 Å². The lowest BCUT2D eigenvalue weighted by molar-refractivity contribution is 0.474. The maximum Gasteiger partial charge on any atom is 0.0553 e. The molecule has 0 unspecified atom stereocenters. The van der Waals surface area contributed by atoms with Crippen molar-refractivity contribution < 1.29 is 0 Å². The van der Waals surface area contributed by atoms with Gasteiger partial charge in [0.1, 0.15) is 0 Å². The summed E-state index contributed by atoms with van der Waals surface area (Å²) in [6.45, 7) is 3.53. The molecular formula is C11H15N3. The van der Waals surface area contributed by atoms with E-state index >= 15 is 0 Å². The van der Waals surface area contributed by atoms with Gasteiger partial charge in [-0.2, -0.15) is 0 Å². The maximum atomic E-state index is 4.17. The van der Waals surface area contributed by atoms with Crippen molar-refractivity contribution in [1.82, 2.24) is 10.3 Å². The summed E-state index contributed by atoms with van der Waals surface area (Å²) in [6, 6.07) is 4.87. The van der Waals surface area contributed by atoms with Gasteiger partial charge >= 0.3 is 0 Å². The Morgan fingerprint density at radius 2 is 2.43 bits per heavy atom. The molecule has 0 amide bonds. The Hall–Kier alpha value is -1.09. The zero-order chi connectivity index (χ0) is 9.38. The highest BCUT2D eigenvalue weighted by molar-refractivity contribution is 5.44. The highest BCUT2D eigenvalue weighted by Crippen LogP contribution is 2.25. The number of nitrogens with one attached hydrogen (secondary N) is 1. The van der Waals surface area contributed by atoms with Crippen LogP contribution in [0, 0.1) is 5.92 Å². The Labute approximate surface area is 84.1 Å². The number of pyridine rings is 1. The molecule has 0 aliphatic carbocycles. The molecule has 0 radical (unpaired) electrons. The van der Waals surface area contributed by atoms with Crippen LogP contribution in [0.25, 0.3) is 0 Å². The van der Waals surface area contributed by atoms with Gasteiger partial charge in [0.15, 0.2) is 0 Å². The summed E-state index contributed by atoms with van der Waals surface area (Å²) in [5.41, 5.74) is 1.27. The van der Waals surface area contributed by atoms with Crippen LogP contribution in [0.4, 0.5) is 5.69 Å². The topological polar surface area (TPSA) is 28.2 Å². The third-order valence-electron chi connectivity index (χ3n) is 3.24. The third-order valence-corrected chi connectivity index (χ3v) is 3.24. The second kappa shape index (κ2) is 3.24. The first-order valence-corrected chi connectivity index (χ1v) is 5.30. The van der Waals surface area contributed by atoms with Gasteiger partial charge in [-0.1, -0.05) is 0 Å². The van der Waals surface area contributed by atoms with Gasteiger partial charge in [-0.15, -0.1) is 0 Å². The molecule has 0 saturated carbocycles. The molecule has 3 nitrogen and oxygen atoms in total. The molecule has 0 aromatic carbocycles. The minimum absolute atomic E-state index is 0.703. The van der Waals surface area contributed by atoms with Gasteiger partial charge in [0.25, 0.3) is 0 Å². The zero-order valence-corrected chi connectivity index (χ0v) is 8.19. The van der Waals surface area contributed by atoms with Crippen molar-refractivity contribution in [2.45, 2.75) is 12.5 Å². The molecule has 2 aliphatic rings. The van der Waals surface area contributed by atoms with Crippen molar-refractivity contribution >= 4 is 5.69 Å². The predicted octanol–water partition coefficient (Wildman–Crippen LogP) is 0.880. The summed E-state index contributed by atoms with van der Waals surface area (Å²) in [5.74, 6) is 0.842. The Kier molecular flexibility index (Phi) is 1.91. The van der Waals surface area contributed by atoms with E-state index in [2.05, 4.69) is 21.3 Å². The average molecular weight is 189 g/mol. The van der Waals surface area contributed by atoms with Gasteiger partial charge in [0.05, 0.1) is 11.9 Å². The Bertz CT molecular complexity index is 300. The molecule has 2 atom stereocenters. The quantitative estimate of drug-likeness (QED) is 0.711. The van der Waals surface area contributed by atoms with Gasteiger partial charge in [0, 0.05) is 31.9 Å². The lowest BCUT2D eigenvalue weighted by Crippen LogP contribution is -2.41. The third kappa shape index (κ3) is 1.38. The van der Waals surface area contributed by atoms with E-state index in [1.165, 1.54) is 25.2 Å². The molecule has 14 heavy (non-hydrogen) atoms. The van der Waals surface area contributed by atoms with Crippen LogP contribution >= 0.6 is 0 Å². The molecule has 2 fully saturated rings. The molecule has 1 N–H and O–H groups in total. The van der Waals surface area contributed by atoms with Crippen LogP contribution in [0.15, 0.2) is 24.5 Å².